The summed E-state index contributed by atoms with van der Waals surface area (Å²) in [6, 6.07) is 10.3. The lowest BCUT2D eigenvalue weighted by Gasteiger charge is -2.03. The van der Waals surface area contributed by atoms with E-state index in [2.05, 4.69) is 24.0 Å². The van der Waals surface area contributed by atoms with Gasteiger partial charge in [0.1, 0.15) is 6.61 Å². The van der Waals surface area contributed by atoms with Crippen molar-refractivity contribution in [1.29, 1.82) is 0 Å². The van der Waals surface area contributed by atoms with Crippen molar-refractivity contribution in [2.24, 2.45) is 0 Å². The summed E-state index contributed by atoms with van der Waals surface area (Å²) in [5, 5.41) is 8.60. The molecule has 0 fully saturated rings. The van der Waals surface area contributed by atoms with Crippen molar-refractivity contribution >= 4 is 0 Å². The molecule has 0 bridgehead atoms. The number of hydrogen-bond acceptors (Lipinski definition) is 3. The molecule has 21 heavy (non-hydrogen) atoms. The summed E-state index contributed by atoms with van der Waals surface area (Å²) in [7, 11) is 0. The van der Waals surface area contributed by atoms with E-state index in [-0.39, 0.29) is 0 Å². The van der Waals surface area contributed by atoms with Crippen molar-refractivity contribution in [3.63, 3.8) is 0 Å². The van der Waals surface area contributed by atoms with E-state index >= 15 is 0 Å². The highest BCUT2D eigenvalue weighted by atomic mass is 16.5. The monoisotopic (exact) mass is 282 g/mol. The predicted octanol–water partition coefficient (Wildman–Crippen LogP) is 3.23. The van der Waals surface area contributed by atoms with E-state index in [4.69, 9.17) is 4.74 Å². The standard InChI is InChI=1S/C16H18N4O/c1-13(2)19-11-16(9-18-19)21-12-14-8-17-20(10-14)15-6-4-3-5-7-15/h3-11,13H,12H2,1-2H3. The molecule has 0 unspecified atom stereocenters. The van der Waals surface area contributed by atoms with E-state index in [1.54, 1.807) is 6.20 Å². The summed E-state index contributed by atoms with van der Waals surface area (Å²) in [6.45, 7) is 4.65. The molecule has 0 spiro atoms. The molecule has 0 saturated heterocycles. The first kappa shape index (κ1) is 13.4. The van der Waals surface area contributed by atoms with Gasteiger partial charge < -0.3 is 4.74 Å². The molecule has 0 N–H and O–H groups in total. The van der Waals surface area contributed by atoms with Gasteiger partial charge in [0, 0.05) is 17.8 Å². The molecule has 5 heteroatoms. The molecule has 2 heterocycles. The second-order valence-electron chi connectivity index (χ2n) is 5.17. The second-order valence-corrected chi connectivity index (χ2v) is 5.17. The number of nitrogens with zero attached hydrogens (tertiary/aromatic N) is 4. The van der Waals surface area contributed by atoms with Gasteiger partial charge in [0.25, 0.3) is 0 Å². The number of para-hydroxylation sites is 1. The van der Waals surface area contributed by atoms with Gasteiger partial charge in [0.15, 0.2) is 5.75 Å². The first-order chi connectivity index (χ1) is 10.2. The van der Waals surface area contributed by atoms with E-state index in [9.17, 15) is 0 Å². The van der Waals surface area contributed by atoms with Crippen LogP contribution in [0.3, 0.4) is 0 Å². The zero-order chi connectivity index (χ0) is 14.7. The minimum absolute atomic E-state index is 0.336. The first-order valence-electron chi connectivity index (χ1n) is 6.98. The number of benzene rings is 1. The molecular weight excluding hydrogens is 264 g/mol. The van der Waals surface area contributed by atoms with Gasteiger partial charge in [-0.15, -0.1) is 0 Å². The highest BCUT2D eigenvalue weighted by Crippen LogP contribution is 2.15. The molecule has 0 aliphatic rings. The normalized spacial score (nSPS) is 11.0. The van der Waals surface area contributed by atoms with Crippen molar-refractivity contribution in [2.75, 3.05) is 0 Å². The van der Waals surface area contributed by atoms with Crippen LogP contribution in [-0.4, -0.2) is 19.6 Å². The molecule has 5 nitrogen and oxygen atoms in total. The van der Waals surface area contributed by atoms with Gasteiger partial charge in [0.05, 0.1) is 24.3 Å². The topological polar surface area (TPSA) is 44.9 Å². The molecule has 3 rings (SSSR count). The average molecular weight is 282 g/mol. The van der Waals surface area contributed by atoms with Gasteiger partial charge in [-0.3, -0.25) is 4.68 Å². The van der Waals surface area contributed by atoms with Crippen molar-refractivity contribution in [3.8, 4) is 11.4 Å². The van der Waals surface area contributed by atoms with Crippen LogP contribution in [0.5, 0.6) is 5.75 Å². The Hall–Kier alpha value is -2.56. The van der Waals surface area contributed by atoms with Crippen LogP contribution in [0.15, 0.2) is 55.1 Å². The molecule has 0 radical (unpaired) electrons. The van der Waals surface area contributed by atoms with Crippen LogP contribution < -0.4 is 4.74 Å². The third-order valence-corrected chi connectivity index (χ3v) is 3.17. The molecule has 108 valence electrons. The molecule has 1 aromatic carbocycles. The van der Waals surface area contributed by atoms with Gasteiger partial charge in [-0.1, -0.05) is 18.2 Å². The Morgan fingerprint density at radius 1 is 1.05 bits per heavy atom. The number of rotatable bonds is 5. The van der Waals surface area contributed by atoms with E-state index in [0.29, 0.717) is 12.6 Å². The fourth-order valence-electron chi connectivity index (χ4n) is 2.00. The SMILES string of the molecule is CC(C)n1cc(OCc2cnn(-c3ccccc3)c2)cn1. The third kappa shape index (κ3) is 3.13. The summed E-state index contributed by atoms with van der Waals surface area (Å²) in [6.07, 6.45) is 7.44. The maximum absolute atomic E-state index is 5.74. The van der Waals surface area contributed by atoms with Gasteiger partial charge in [-0.2, -0.15) is 10.2 Å². The minimum atomic E-state index is 0.336. The van der Waals surface area contributed by atoms with Crippen molar-refractivity contribution in [2.45, 2.75) is 26.5 Å². The Morgan fingerprint density at radius 2 is 1.86 bits per heavy atom. The highest BCUT2D eigenvalue weighted by Gasteiger charge is 2.05. The number of ether oxygens (including phenoxy) is 1. The van der Waals surface area contributed by atoms with E-state index in [1.165, 1.54) is 0 Å². The second kappa shape index (κ2) is 5.83. The van der Waals surface area contributed by atoms with Crippen LogP contribution in [0.2, 0.25) is 0 Å². The summed E-state index contributed by atoms with van der Waals surface area (Å²) in [4.78, 5) is 0. The molecular formula is C16H18N4O. The summed E-state index contributed by atoms with van der Waals surface area (Å²) < 4.78 is 9.46. The molecule has 3 aromatic rings. The number of hydrogen-bond donors (Lipinski definition) is 0. The van der Waals surface area contributed by atoms with Crippen LogP contribution in [0.4, 0.5) is 0 Å². The van der Waals surface area contributed by atoms with Crippen LogP contribution >= 0.6 is 0 Å². The lowest BCUT2D eigenvalue weighted by atomic mass is 10.3. The fraction of sp³-hybridized carbons (Fsp3) is 0.250. The molecule has 0 aliphatic heterocycles. The molecule has 0 saturated carbocycles. The van der Waals surface area contributed by atoms with E-state index in [1.807, 2.05) is 58.3 Å². The lowest BCUT2D eigenvalue weighted by Crippen LogP contribution is -2.00. The molecule has 0 atom stereocenters. The zero-order valence-electron chi connectivity index (χ0n) is 12.2. The van der Waals surface area contributed by atoms with Gasteiger partial charge in [0.2, 0.25) is 0 Å². The summed E-state index contributed by atoms with van der Waals surface area (Å²) in [5.41, 5.74) is 2.06. The van der Waals surface area contributed by atoms with Crippen molar-refractivity contribution < 1.29 is 4.74 Å². The average Bonchev–Trinajstić information content (AvgIpc) is 3.15. The Bertz CT molecular complexity index is 700. The zero-order valence-corrected chi connectivity index (χ0v) is 12.2. The lowest BCUT2D eigenvalue weighted by molar-refractivity contribution is 0.305. The van der Waals surface area contributed by atoms with Crippen LogP contribution in [0.25, 0.3) is 5.69 Å². The predicted molar refractivity (Wildman–Crippen MR) is 80.5 cm³/mol. The Kier molecular flexibility index (Phi) is 3.73. The minimum Gasteiger partial charge on any atom is -0.485 e. The van der Waals surface area contributed by atoms with Crippen LogP contribution in [0.1, 0.15) is 25.5 Å². The maximum atomic E-state index is 5.74. The highest BCUT2D eigenvalue weighted by molar-refractivity contribution is 5.30. The largest absolute Gasteiger partial charge is 0.485 e. The Morgan fingerprint density at radius 3 is 2.57 bits per heavy atom. The molecule has 0 amide bonds. The van der Waals surface area contributed by atoms with Crippen molar-refractivity contribution in [1.82, 2.24) is 19.6 Å². The van der Waals surface area contributed by atoms with Gasteiger partial charge >= 0.3 is 0 Å². The Balaban J connectivity index is 1.65. The van der Waals surface area contributed by atoms with E-state index in [0.717, 1.165) is 17.0 Å². The third-order valence-electron chi connectivity index (χ3n) is 3.17. The first-order valence-corrected chi connectivity index (χ1v) is 6.98. The van der Waals surface area contributed by atoms with Crippen LogP contribution in [0, 0.1) is 0 Å². The Labute approximate surface area is 123 Å². The fourth-order valence-corrected chi connectivity index (χ4v) is 2.00. The summed E-state index contributed by atoms with van der Waals surface area (Å²) >= 11 is 0. The molecule has 2 aromatic heterocycles. The number of aromatic nitrogens is 4. The van der Waals surface area contributed by atoms with Gasteiger partial charge in [-0.05, 0) is 26.0 Å². The quantitative estimate of drug-likeness (QED) is 0.721. The maximum Gasteiger partial charge on any atom is 0.157 e. The smallest absolute Gasteiger partial charge is 0.157 e. The van der Waals surface area contributed by atoms with Gasteiger partial charge in [-0.25, -0.2) is 4.68 Å². The van der Waals surface area contributed by atoms with E-state index < -0.39 is 0 Å². The summed E-state index contributed by atoms with van der Waals surface area (Å²) in [5.74, 6) is 0.774. The van der Waals surface area contributed by atoms with Crippen LogP contribution in [-0.2, 0) is 6.61 Å². The molecule has 0 aliphatic carbocycles. The van der Waals surface area contributed by atoms with Crippen molar-refractivity contribution in [3.05, 3.63) is 60.7 Å².